The van der Waals surface area contributed by atoms with Crippen LogP contribution in [-0.2, 0) is 4.79 Å². The molecule has 1 heterocycles. The number of unbranched alkanes of at least 4 members (excludes halogenated alkanes) is 2. The van der Waals surface area contributed by atoms with Crippen molar-refractivity contribution < 1.29 is 14.5 Å². The second kappa shape index (κ2) is 10.7. The molecule has 5 N–H and O–H groups in total. The molecular formula is C22H24N6O4. The van der Waals surface area contributed by atoms with E-state index >= 15 is 0 Å². The summed E-state index contributed by atoms with van der Waals surface area (Å²) in [7, 11) is 0. The van der Waals surface area contributed by atoms with Gasteiger partial charge in [-0.25, -0.2) is 0 Å². The summed E-state index contributed by atoms with van der Waals surface area (Å²) in [5.74, 6) is -0.383. The fourth-order valence-electron chi connectivity index (χ4n) is 3.05. The van der Waals surface area contributed by atoms with Crippen LogP contribution in [0, 0.1) is 10.1 Å². The van der Waals surface area contributed by atoms with Gasteiger partial charge in [0.1, 0.15) is 5.69 Å². The fourth-order valence-corrected chi connectivity index (χ4v) is 3.05. The van der Waals surface area contributed by atoms with Gasteiger partial charge in [0.25, 0.3) is 11.6 Å². The van der Waals surface area contributed by atoms with Crippen molar-refractivity contribution in [3.05, 3.63) is 70.4 Å². The number of nitro groups is 1. The number of nitrogen functional groups attached to an aromatic ring is 1. The molecule has 0 spiro atoms. The number of aromatic amines is 1. The first-order valence-corrected chi connectivity index (χ1v) is 10.2. The largest absolute Gasteiger partial charge is 0.397 e. The van der Waals surface area contributed by atoms with Crippen LogP contribution in [0.15, 0.2) is 54.6 Å². The second-order valence-electron chi connectivity index (χ2n) is 7.17. The van der Waals surface area contributed by atoms with Crippen molar-refractivity contribution in [2.24, 2.45) is 0 Å². The van der Waals surface area contributed by atoms with E-state index < -0.39 is 4.92 Å². The highest BCUT2D eigenvalue weighted by molar-refractivity contribution is 5.94. The van der Waals surface area contributed by atoms with Gasteiger partial charge in [-0.05, 0) is 43.2 Å². The standard InChI is InChI=1S/C22H24N6O4/c23-17-6-3-4-7-18(17)25-21(29)8-2-1-5-13-24-22(30)20-14-19(26-27-20)15-9-11-16(12-10-15)28(31)32/h3-4,6-7,9-12,14H,1-2,5,8,13,23H2,(H,24,30)(H,25,29)(H,26,27). The summed E-state index contributed by atoms with van der Waals surface area (Å²) in [6, 6.07) is 14.6. The number of nitrogens with zero attached hydrogens (tertiary/aromatic N) is 2. The Morgan fingerprint density at radius 3 is 2.53 bits per heavy atom. The Morgan fingerprint density at radius 1 is 1.06 bits per heavy atom. The highest BCUT2D eigenvalue weighted by Crippen LogP contribution is 2.21. The molecule has 10 nitrogen and oxygen atoms in total. The number of para-hydroxylation sites is 2. The second-order valence-corrected chi connectivity index (χ2v) is 7.17. The number of carbonyl (C=O) groups excluding carboxylic acids is 2. The van der Waals surface area contributed by atoms with Crippen LogP contribution in [0.25, 0.3) is 11.3 Å². The van der Waals surface area contributed by atoms with Gasteiger partial charge in [0, 0.05) is 30.7 Å². The molecule has 0 saturated heterocycles. The Bertz CT molecular complexity index is 1090. The Labute approximate surface area is 184 Å². The number of rotatable bonds is 10. The van der Waals surface area contributed by atoms with Crippen LogP contribution < -0.4 is 16.4 Å². The number of nitrogens with one attached hydrogen (secondary N) is 3. The number of benzene rings is 2. The number of H-pyrrole nitrogens is 1. The van der Waals surface area contributed by atoms with Gasteiger partial charge in [-0.2, -0.15) is 5.10 Å². The molecule has 32 heavy (non-hydrogen) atoms. The lowest BCUT2D eigenvalue weighted by atomic mass is 10.1. The molecule has 3 aromatic rings. The van der Waals surface area contributed by atoms with E-state index in [1.54, 1.807) is 36.4 Å². The lowest BCUT2D eigenvalue weighted by Gasteiger charge is -2.08. The van der Waals surface area contributed by atoms with E-state index in [9.17, 15) is 19.7 Å². The Morgan fingerprint density at radius 2 is 1.81 bits per heavy atom. The minimum absolute atomic E-state index is 0.0103. The summed E-state index contributed by atoms with van der Waals surface area (Å²) in [6.45, 7) is 0.470. The van der Waals surface area contributed by atoms with E-state index in [4.69, 9.17) is 5.73 Å². The first kappa shape index (κ1) is 22.5. The summed E-state index contributed by atoms with van der Waals surface area (Å²) < 4.78 is 0. The number of carbonyl (C=O) groups is 2. The predicted molar refractivity (Wildman–Crippen MR) is 121 cm³/mol. The monoisotopic (exact) mass is 436 g/mol. The normalized spacial score (nSPS) is 10.5. The minimum atomic E-state index is -0.473. The van der Waals surface area contributed by atoms with Gasteiger partial charge in [0.2, 0.25) is 5.91 Å². The number of aromatic nitrogens is 2. The number of amides is 2. The summed E-state index contributed by atoms with van der Waals surface area (Å²) in [5.41, 5.74) is 8.42. The zero-order valence-electron chi connectivity index (χ0n) is 17.3. The van der Waals surface area contributed by atoms with Crippen molar-refractivity contribution in [2.45, 2.75) is 25.7 Å². The third kappa shape index (κ3) is 6.14. The number of nitrogens with two attached hydrogens (primary N) is 1. The summed E-state index contributed by atoms with van der Waals surface area (Å²) in [5, 5.41) is 23.1. The van der Waals surface area contributed by atoms with E-state index in [1.807, 2.05) is 6.07 Å². The molecule has 0 saturated carbocycles. The summed E-state index contributed by atoms with van der Waals surface area (Å²) in [6.07, 6.45) is 2.59. The van der Waals surface area contributed by atoms with Crippen LogP contribution >= 0.6 is 0 Å². The maximum atomic E-state index is 12.3. The maximum absolute atomic E-state index is 12.3. The molecule has 0 fully saturated rings. The summed E-state index contributed by atoms with van der Waals surface area (Å²) in [4.78, 5) is 34.5. The van der Waals surface area contributed by atoms with Crippen LogP contribution in [0.3, 0.4) is 0 Å². The number of hydrogen-bond acceptors (Lipinski definition) is 6. The number of non-ortho nitro benzene ring substituents is 1. The van der Waals surface area contributed by atoms with Crippen molar-refractivity contribution in [1.29, 1.82) is 0 Å². The maximum Gasteiger partial charge on any atom is 0.269 e. The highest BCUT2D eigenvalue weighted by Gasteiger charge is 2.12. The smallest absolute Gasteiger partial charge is 0.269 e. The molecule has 0 aliphatic heterocycles. The van der Waals surface area contributed by atoms with E-state index in [0.29, 0.717) is 47.7 Å². The third-order valence-corrected chi connectivity index (χ3v) is 4.80. The van der Waals surface area contributed by atoms with Crippen LogP contribution in [0.4, 0.5) is 17.1 Å². The highest BCUT2D eigenvalue weighted by atomic mass is 16.6. The van der Waals surface area contributed by atoms with Crippen LogP contribution in [0.2, 0.25) is 0 Å². The molecule has 2 aromatic carbocycles. The molecule has 10 heteroatoms. The van der Waals surface area contributed by atoms with Crippen molar-refractivity contribution in [3.63, 3.8) is 0 Å². The molecular weight excluding hydrogens is 412 g/mol. The molecule has 3 rings (SSSR count). The molecule has 0 bridgehead atoms. The fraction of sp³-hybridized carbons (Fsp3) is 0.227. The minimum Gasteiger partial charge on any atom is -0.397 e. The van der Waals surface area contributed by atoms with Gasteiger partial charge >= 0.3 is 0 Å². The molecule has 0 radical (unpaired) electrons. The van der Waals surface area contributed by atoms with Crippen molar-refractivity contribution in [3.8, 4) is 11.3 Å². The SMILES string of the molecule is Nc1ccccc1NC(=O)CCCCCNC(=O)c1cc(-c2ccc([N+](=O)[O-])cc2)n[nH]1. The average molecular weight is 436 g/mol. The van der Waals surface area contributed by atoms with Gasteiger partial charge < -0.3 is 16.4 Å². The quantitative estimate of drug-likeness (QED) is 0.165. The zero-order chi connectivity index (χ0) is 22.9. The Kier molecular flexibility index (Phi) is 7.52. The van der Waals surface area contributed by atoms with Crippen LogP contribution in [0.5, 0.6) is 0 Å². The Balaban J connectivity index is 1.36. The van der Waals surface area contributed by atoms with Crippen molar-refractivity contribution >= 4 is 28.9 Å². The van der Waals surface area contributed by atoms with E-state index in [0.717, 1.165) is 12.8 Å². The predicted octanol–water partition coefficient (Wildman–Crippen LogP) is 3.50. The lowest BCUT2D eigenvalue weighted by molar-refractivity contribution is -0.384. The molecule has 166 valence electrons. The number of anilines is 2. The number of nitro benzene ring substituents is 1. The van der Waals surface area contributed by atoms with Gasteiger partial charge in [-0.3, -0.25) is 24.8 Å². The third-order valence-electron chi connectivity index (χ3n) is 4.80. The topological polar surface area (TPSA) is 156 Å². The number of hydrogen-bond donors (Lipinski definition) is 4. The van der Waals surface area contributed by atoms with Crippen molar-refractivity contribution in [1.82, 2.24) is 15.5 Å². The van der Waals surface area contributed by atoms with Gasteiger partial charge in [-0.15, -0.1) is 0 Å². The van der Waals surface area contributed by atoms with Gasteiger partial charge in [0.15, 0.2) is 0 Å². The molecule has 0 aliphatic carbocycles. The molecule has 0 unspecified atom stereocenters. The molecule has 0 atom stereocenters. The van der Waals surface area contributed by atoms with Gasteiger partial charge in [0.05, 0.1) is 22.0 Å². The molecule has 2 amide bonds. The van der Waals surface area contributed by atoms with E-state index in [-0.39, 0.29) is 17.5 Å². The van der Waals surface area contributed by atoms with Crippen molar-refractivity contribution in [2.75, 3.05) is 17.6 Å². The van der Waals surface area contributed by atoms with Crippen LogP contribution in [0.1, 0.15) is 36.2 Å². The first-order valence-electron chi connectivity index (χ1n) is 10.2. The first-order chi connectivity index (χ1) is 15.4. The van der Waals surface area contributed by atoms with E-state index in [1.165, 1.54) is 12.1 Å². The molecule has 0 aliphatic rings. The average Bonchev–Trinajstić information content (AvgIpc) is 3.28. The summed E-state index contributed by atoms with van der Waals surface area (Å²) >= 11 is 0. The molecule has 1 aromatic heterocycles. The van der Waals surface area contributed by atoms with Gasteiger partial charge in [-0.1, -0.05) is 18.6 Å². The van der Waals surface area contributed by atoms with E-state index in [2.05, 4.69) is 20.8 Å². The van der Waals surface area contributed by atoms with Crippen LogP contribution in [-0.4, -0.2) is 33.5 Å². The Hall–Kier alpha value is -4.21. The zero-order valence-corrected chi connectivity index (χ0v) is 17.3. The lowest BCUT2D eigenvalue weighted by Crippen LogP contribution is -2.24.